The number of nitrogens with zero attached hydrogens (tertiary/aromatic N) is 3. The summed E-state index contributed by atoms with van der Waals surface area (Å²) in [6, 6.07) is 13.7. The standard InChI is InChI=1S/C29H28F2N4O4/c1-16-28-27(29(36)35(16)15-17-8-9-18(37-2)12-24(17)39-4)23(33-25-11-10-19(38-3)14-32-25)13-22(34-28)26-20(30)6-5-7-21(26)31/h5-14,16,29,36H,15H2,1-4H3,(H,32,33,34). The van der Waals surface area contributed by atoms with Gasteiger partial charge in [-0.15, -0.1) is 0 Å². The van der Waals surface area contributed by atoms with Crippen LogP contribution in [0, 0.1) is 11.6 Å². The van der Waals surface area contributed by atoms with Gasteiger partial charge >= 0.3 is 0 Å². The van der Waals surface area contributed by atoms with E-state index in [1.165, 1.54) is 24.3 Å². The molecule has 0 spiro atoms. The number of hydrogen-bond donors (Lipinski definition) is 2. The number of aromatic nitrogens is 2. The Balaban J connectivity index is 1.59. The van der Waals surface area contributed by atoms with E-state index in [0.717, 1.165) is 5.56 Å². The SMILES string of the molecule is COc1ccc(Nc2cc(-c3c(F)cccc3F)nc3c2C(O)N(Cc2ccc(OC)cc2OC)C3C)nc1. The fourth-order valence-electron chi connectivity index (χ4n) is 4.79. The first kappa shape index (κ1) is 26.3. The highest BCUT2D eigenvalue weighted by Crippen LogP contribution is 2.46. The highest BCUT2D eigenvalue weighted by atomic mass is 19.1. The van der Waals surface area contributed by atoms with E-state index in [1.54, 1.807) is 45.7 Å². The summed E-state index contributed by atoms with van der Waals surface area (Å²) in [7, 11) is 4.68. The molecule has 2 aromatic carbocycles. The van der Waals surface area contributed by atoms with Crippen molar-refractivity contribution in [2.24, 2.45) is 0 Å². The van der Waals surface area contributed by atoms with Crippen LogP contribution in [0.4, 0.5) is 20.3 Å². The van der Waals surface area contributed by atoms with Crippen LogP contribution in [-0.2, 0) is 6.54 Å². The Morgan fingerprint density at radius 2 is 1.67 bits per heavy atom. The van der Waals surface area contributed by atoms with Gasteiger partial charge in [-0.1, -0.05) is 12.1 Å². The molecule has 10 heteroatoms. The minimum atomic E-state index is -1.07. The quantitative estimate of drug-likeness (QED) is 0.295. The van der Waals surface area contributed by atoms with Crippen molar-refractivity contribution in [1.29, 1.82) is 0 Å². The van der Waals surface area contributed by atoms with Gasteiger partial charge in [0.05, 0.1) is 56.2 Å². The summed E-state index contributed by atoms with van der Waals surface area (Å²) in [5, 5.41) is 14.7. The molecule has 0 bridgehead atoms. The first-order valence-corrected chi connectivity index (χ1v) is 12.3. The topological polar surface area (TPSA) is 89.0 Å². The van der Waals surface area contributed by atoms with Gasteiger partial charge in [0.1, 0.15) is 40.9 Å². The van der Waals surface area contributed by atoms with Gasteiger partial charge in [-0.3, -0.25) is 9.88 Å². The fourth-order valence-corrected chi connectivity index (χ4v) is 4.79. The second-order valence-corrected chi connectivity index (χ2v) is 9.06. The second-order valence-electron chi connectivity index (χ2n) is 9.06. The predicted molar refractivity (Wildman–Crippen MR) is 142 cm³/mol. The van der Waals surface area contributed by atoms with E-state index >= 15 is 0 Å². The van der Waals surface area contributed by atoms with Gasteiger partial charge in [0.15, 0.2) is 0 Å². The van der Waals surface area contributed by atoms with Crippen LogP contribution in [-0.4, -0.2) is 41.3 Å². The van der Waals surface area contributed by atoms with Crippen LogP contribution in [0.3, 0.4) is 0 Å². The summed E-state index contributed by atoms with van der Waals surface area (Å²) in [5.41, 5.74) is 2.09. The predicted octanol–water partition coefficient (Wildman–Crippen LogP) is 5.76. The maximum atomic E-state index is 14.8. The fraction of sp³-hybridized carbons (Fsp3) is 0.241. The molecule has 2 unspecified atom stereocenters. The van der Waals surface area contributed by atoms with E-state index in [0.29, 0.717) is 46.6 Å². The molecule has 0 aliphatic carbocycles. The van der Waals surface area contributed by atoms with E-state index in [2.05, 4.69) is 15.3 Å². The van der Waals surface area contributed by atoms with Gasteiger partial charge in [0.25, 0.3) is 0 Å². The average molecular weight is 535 g/mol. The Morgan fingerprint density at radius 3 is 2.31 bits per heavy atom. The maximum Gasteiger partial charge on any atom is 0.138 e. The molecule has 2 N–H and O–H groups in total. The van der Waals surface area contributed by atoms with Crippen LogP contribution in [0.15, 0.2) is 60.8 Å². The molecule has 4 aromatic rings. The third-order valence-corrected chi connectivity index (χ3v) is 6.85. The van der Waals surface area contributed by atoms with Crippen molar-refractivity contribution in [3.8, 4) is 28.5 Å². The highest BCUT2D eigenvalue weighted by Gasteiger charge is 2.39. The lowest BCUT2D eigenvalue weighted by Crippen LogP contribution is -2.24. The number of halogens is 2. The van der Waals surface area contributed by atoms with Crippen molar-refractivity contribution >= 4 is 11.5 Å². The molecule has 8 nitrogen and oxygen atoms in total. The molecule has 1 aliphatic heterocycles. The Bertz CT molecular complexity index is 1480. The van der Waals surface area contributed by atoms with E-state index in [4.69, 9.17) is 14.2 Å². The molecule has 0 saturated carbocycles. The molecule has 2 aromatic heterocycles. The van der Waals surface area contributed by atoms with Gasteiger partial charge < -0.3 is 24.6 Å². The normalized spacial score (nSPS) is 16.6. The Labute approximate surface area is 224 Å². The molecule has 202 valence electrons. The minimum Gasteiger partial charge on any atom is -0.497 e. The molecule has 5 rings (SSSR count). The third kappa shape index (κ3) is 4.96. The van der Waals surface area contributed by atoms with Gasteiger partial charge in [0, 0.05) is 23.7 Å². The molecule has 39 heavy (non-hydrogen) atoms. The number of methoxy groups -OCH3 is 3. The Morgan fingerprint density at radius 1 is 0.949 bits per heavy atom. The lowest BCUT2D eigenvalue weighted by molar-refractivity contribution is -0.0104. The zero-order chi connectivity index (χ0) is 27.7. The van der Waals surface area contributed by atoms with E-state index < -0.39 is 23.9 Å². The zero-order valence-corrected chi connectivity index (χ0v) is 21.9. The van der Waals surface area contributed by atoms with Crippen LogP contribution in [0.5, 0.6) is 17.2 Å². The Kier molecular flexibility index (Phi) is 7.32. The van der Waals surface area contributed by atoms with Crippen LogP contribution in [0.2, 0.25) is 0 Å². The van der Waals surface area contributed by atoms with Crippen LogP contribution in [0.1, 0.15) is 36.0 Å². The summed E-state index contributed by atoms with van der Waals surface area (Å²) in [6.07, 6.45) is 0.470. The van der Waals surface area contributed by atoms with Crippen molar-refractivity contribution in [3.63, 3.8) is 0 Å². The smallest absolute Gasteiger partial charge is 0.138 e. The number of benzene rings is 2. The lowest BCUT2D eigenvalue weighted by atomic mass is 10.0. The zero-order valence-electron chi connectivity index (χ0n) is 21.9. The number of pyridine rings is 2. The largest absolute Gasteiger partial charge is 0.497 e. The molecule has 1 aliphatic rings. The van der Waals surface area contributed by atoms with Gasteiger partial charge in [-0.25, -0.2) is 13.8 Å². The number of anilines is 2. The first-order valence-electron chi connectivity index (χ1n) is 12.3. The first-order chi connectivity index (χ1) is 18.8. The average Bonchev–Trinajstić information content (AvgIpc) is 3.18. The van der Waals surface area contributed by atoms with Crippen LogP contribution >= 0.6 is 0 Å². The number of nitrogens with one attached hydrogen (secondary N) is 1. The van der Waals surface area contributed by atoms with Gasteiger partial charge in [-0.05, 0) is 43.3 Å². The number of aliphatic hydroxyl groups excluding tert-OH is 1. The van der Waals surface area contributed by atoms with Gasteiger partial charge in [-0.2, -0.15) is 0 Å². The summed E-state index contributed by atoms with van der Waals surface area (Å²) in [4.78, 5) is 10.8. The third-order valence-electron chi connectivity index (χ3n) is 6.85. The number of hydrogen-bond acceptors (Lipinski definition) is 8. The van der Waals surface area contributed by atoms with Crippen LogP contribution in [0.25, 0.3) is 11.3 Å². The number of rotatable bonds is 8. The number of aliphatic hydroxyl groups is 1. The summed E-state index contributed by atoms with van der Waals surface area (Å²) in [6.45, 7) is 2.20. The molecule has 0 radical (unpaired) electrons. The van der Waals surface area contributed by atoms with Crippen molar-refractivity contribution in [2.45, 2.75) is 25.7 Å². The molecule has 2 atom stereocenters. The Hall–Kier alpha value is -4.28. The van der Waals surface area contributed by atoms with Crippen molar-refractivity contribution < 1.29 is 28.1 Å². The van der Waals surface area contributed by atoms with E-state index in [9.17, 15) is 13.9 Å². The molecule has 0 fully saturated rings. The van der Waals surface area contributed by atoms with Crippen molar-refractivity contribution in [1.82, 2.24) is 14.9 Å². The van der Waals surface area contributed by atoms with Crippen molar-refractivity contribution in [2.75, 3.05) is 26.6 Å². The molecule has 0 saturated heterocycles. The van der Waals surface area contributed by atoms with Crippen molar-refractivity contribution in [3.05, 3.63) is 89.2 Å². The molecular weight excluding hydrogens is 506 g/mol. The number of ether oxygens (including phenoxy) is 3. The second kappa shape index (κ2) is 10.8. The van der Waals surface area contributed by atoms with Gasteiger partial charge in [0.2, 0.25) is 0 Å². The monoisotopic (exact) mass is 534 g/mol. The maximum absolute atomic E-state index is 14.8. The summed E-state index contributed by atoms with van der Waals surface area (Å²) < 4.78 is 45.6. The lowest BCUT2D eigenvalue weighted by Gasteiger charge is -2.26. The van der Waals surface area contributed by atoms with E-state index in [-0.39, 0.29) is 11.3 Å². The molecule has 3 heterocycles. The van der Waals surface area contributed by atoms with E-state index in [1.807, 2.05) is 24.0 Å². The molecule has 0 amide bonds. The number of fused-ring (bicyclic) bond motifs is 1. The summed E-state index contributed by atoms with van der Waals surface area (Å²) >= 11 is 0. The molecular formula is C29H28F2N4O4. The van der Waals surface area contributed by atoms with Crippen LogP contribution < -0.4 is 19.5 Å². The minimum absolute atomic E-state index is 0.100. The summed E-state index contributed by atoms with van der Waals surface area (Å²) in [5.74, 6) is 0.810. The highest BCUT2D eigenvalue weighted by molar-refractivity contribution is 5.72.